The molecule has 3 atom stereocenters. The Hall–Kier alpha value is -1.23. The number of rotatable bonds is 3. The maximum Gasteiger partial charge on any atom is 0.191 e. The van der Waals surface area contributed by atoms with Gasteiger partial charge in [0.05, 0.1) is 6.10 Å². The number of hydrogen-bond donors (Lipinski definition) is 1. The van der Waals surface area contributed by atoms with E-state index in [0.29, 0.717) is 11.8 Å². The third-order valence-electron chi connectivity index (χ3n) is 4.12. The molecule has 20 heavy (non-hydrogen) atoms. The van der Waals surface area contributed by atoms with E-state index >= 15 is 0 Å². The van der Waals surface area contributed by atoms with Crippen molar-refractivity contribution >= 4 is 17.2 Å². The molecule has 0 aromatic heterocycles. The van der Waals surface area contributed by atoms with Crippen molar-refractivity contribution in [2.75, 3.05) is 0 Å². The molecule has 110 valence electrons. The van der Waals surface area contributed by atoms with Crippen LogP contribution in [0.25, 0.3) is 0 Å². The molecule has 2 rings (SSSR count). The third kappa shape index (κ3) is 3.26. The molecule has 1 aliphatic rings. The number of nitrogens with two attached hydrogens (primary N) is 1. The highest BCUT2D eigenvalue weighted by Crippen LogP contribution is 2.33. The average Bonchev–Trinajstić information content (AvgIpc) is 2.37. The average molecular weight is 299 g/mol. The highest BCUT2D eigenvalue weighted by Gasteiger charge is 2.27. The molecule has 3 unspecified atom stereocenters. The standard InChI is InChI=1S/C15H19F2NOS/c1-8-3-4-11(5-9(8)2)19-14-12(16)6-10(15(18)20)7-13(14)17/h6-9,11H,3-5H2,1-2H3,(H2,18,20). The summed E-state index contributed by atoms with van der Waals surface area (Å²) >= 11 is 4.72. The van der Waals surface area contributed by atoms with Gasteiger partial charge in [0, 0.05) is 5.56 Å². The van der Waals surface area contributed by atoms with E-state index in [4.69, 9.17) is 22.7 Å². The smallest absolute Gasteiger partial charge is 0.191 e. The summed E-state index contributed by atoms with van der Waals surface area (Å²) in [6, 6.07) is 2.24. The van der Waals surface area contributed by atoms with Crippen molar-refractivity contribution in [2.45, 2.75) is 39.2 Å². The van der Waals surface area contributed by atoms with E-state index in [9.17, 15) is 8.78 Å². The van der Waals surface area contributed by atoms with Gasteiger partial charge in [0.25, 0.3) is 0 Å². The number of thiocarbonyl (C=S) groups is 1. The van der Waals surface area contributed by atoms with Crippen molar-refractivity contribution in [2.24, 2.45) is 17.6 Å². The van der Waals surface area contributed by atoms with Crippen LogP contribution in [-0.2, 0) is 0 Å². The molecule has 1 aliphatic carbocycles. The first-order chi connectivity index (χ1) is 9.38. The van der Waals surface area contributed by atoms with Gasteiger partial charge in [-0.3, -0.25) is 0 Å². The zero-order valence-corrected chi connectivity index (χ0v) is 12.5. The lowest BCUT2D eigenvalue weighted by molar-refractivity contribution is 0.0927. The largest absolute Gasteiger partial charge is 0.484 e. The summed E-state index contributed by atoms with van der Waals surface area (Å²) in [7, 11) is 0. The number of halogens is 2. The van der Waals surface area contributed by atoms with Crippen LogP contribution in [0, 0.1) is 23.5 Å². The van der Waals surface area contributed by atoms with E-state index < -0.39 is 11.6 Å². The van der Waals surface area contributed by atoms with Gasteiger partial charge in [-0.2, -0.15) is 0 Å². The van der Waals surface area contributed by atoms with Crippen molar-refractivity contribution < 1.29 is 13.5 Å². The van der Waals surface area contributed by atoms with Gasteiger partial charge >= 0.3 is 0 Å². The zero-order valence-electron chi connectivity index (χ0n) is 11.7. The number of ether oxygens (including phenoxy) is 1. The molecule has 0 bridgehead atoms. The molecule has 0 heterocycles. The van der Waals surface area contributed by atoms with E-state index in [0.717, 1.165) is 31.4 Å². The van der Waals surface area contributed by atoms with Crippen LogP contribution >= 0.6 is 12.2 Å². The second-order valence-corrected chi connectivity index (χ2v) is 6.08. The molecule has 0 radical (unpaired) electrons. The molecule has 1 aromatic rings. The van der Waals surface area contributed by atoms with Crippen LogP contribution in [0.1, 0.15) is 38.7 Å². The predicted octanol–water partition coefficient (Wildman–Crippen LogP) is 3.80. The first-order valence-corrected chi connectivity index (χ1v) is 7.24. The molecule has 1 aromatic carbocycles. The summed E-state index contributed by atoms with van der Waals surface area (Å²) < 4.78 is 33.4. The molecule has 5 heteroatoms. The van der Waals surface area contributed by atoms with E-state index in [2.05, 4.69) is 13.8 Å². The Morgan fingerprint density at radius 2 is 1.80 bits per heavy atom. The van der Waals surface area contributed by atoms with Gasteiger partial charge in [-0.1, -0.05) is 26.1 Å². The van der Waals surface area contributed by atoms with Crippen LogP contribution in [0.15, 0.2) is 12.1 Å². The van der Waals surface area contributed by atoms with Crippen molar-refractivity contribution in [3.8, 4) is 5.75 Å². The minimum Gasteiger partial charge on any atom is -0.484 e. The fraction of sp³-hybridized carbons (Fsp3) is 0.533. The third-order valence-corrected chi connectivity index (χ3v) is 4.35. The van der Waals surface area contributed by atoms with Gasteiger partial charge in [-0.15, -0.1) is 0 Å². The number of hydrogen-bond acceptors (Lipinski definition) is 2. The van der Waals surface area contributed by atoms with Crippen LogP contribution in [0.5, 0.6) is 5.75 Å². The van der Waals surface area contributed by atoms with Gasteiger partial charge in [0.1, 0.15) is 4.99 Å². The van der Waals surface area contributed by atoms with Gasteiger partial charge < -0.3 is 10.5 Å². The topological polar surface area (TPSA) is 35.2 Å². The highest BCUT2D eigenvalue weighted by atomic mass is 32.1. The van der Waals surface area contributed by atoms with Crippen LogP contribution in [0.2, 0.25) is 0 Å². The lowest BCUT2D eigenvalue weighted by atomic mass is 9.80. The predicted molar refractivity (Wildman–Crippen MR) is 78.8 cm³/mol. The normalized spacial score (nSPS) is 26.3. The molecule has 1 fully saturated rings. The van der Waals surface area contributed by atoms with Crippen molar-refractivity contribution in [1.29, 1.82) is 0 Å². The first kappa shape index (κ1) is 15.2. The van der Waals surface area contributed by atoms with Crippen LogP contribution < -0.4 is 10.5 Å². The van der Waals surface area contributed by atoms with Crippen molar-refractivity contribution in [1.82, 2.24) is 0 Å². The molecule has 2 N–H and O–H groups in total. The summed E-state index contributed by atoms with van der Waals surface area (Å²) in [6.07, 6.45) is 2.51. The fourth-order valence-electron chi connectivity index (χ4n) is 2.59. The molecule has 0 amide bonds. The second kappa shape index (κ2) is 6.04. The first-order valence-electron chi connectivity index (χ1n) is 6.84. The lowest BCUT2D eigenvalue weighted by Gasteiger charge is -2.32. The molecule has 0 aliphatic heterocycles. The van der Waals surface area contributed by atoms with Crippen molar-refractivity contribution in [3.63, 3.8) is 0 Å². The molecule has 2 nitrogen and oxygen atoms in total. The summed E-state index contributed by atoms with van der Waals surface area (Å²) in [6.45, 7) is 4.34. The van der Waals surface area contributed by atoms with E-state index in [1.165, 1.54) is 0 Å². The molecular formula is C15H19F2NOS. The quantitative estimate of drug-likeness (QED) is 0.862. The minimum absolute atomic E-state index is 0.0329. The Kier molecular flexibility index (Phi) is 4.58. The Morgan fingerprint density at radius 1 is 1.20 bits per heavy atom. The Morgan fingerprint density at radius 3 is 2.30 bits per heavy atom. The van der Waals surface area contributed by atoms with E-state index in [1.54, 1.807) is 0 Å². The molecule has 1 saturated carbocycles. The summed E-state index contributed by atoms with van der Waals surface area (Å²) in [5.74, 6) is -0.702. The maximum atomic E-state index is 13.9. The van der Waals surface area contributed by atoms with Crippen LogP contribution in [0.3, 0.4) is 0 Å². The summed E-state index contributed by atoms with van der Waals surface area (Å²) in [5.41, 5.74) is 5.55. The van der Waals surface area contributed by atoms with Gasteiger partial charge in [0.2, 0.25) is 0 Å². The van der Waals surface area contributed by atoms with E-state index in [1.807, 2.05) is 0 Å². The second-order valence-electron chi connectivity index (χ2n) is 5.64. The fourth-order valence-corrected chi connectivity index (χ4v) is 2.70. The van der Waals surface area contributed by atoms with Gasteiger partial charge in [-0.05, 0) is 43.2 Å². The summed E-state index contributed by atoms with van der Waals surface area (Å²) in [4.78, 5) is -0.0329. The lowest BCUT2D eigenvalue weighted by Crippen LogP contribution is -2.29. The Labute approximate surface area is 123 Å². The zero-order chi connectivity index (χ0) is 14.9. The van der Waals surface area contributed by atoms with Crippen LogP contribution in [0.4, 0.5) is 8.78 Å². The van der Waals surface area contributed by atoms with Crippen LogP contribution in [-0.4, -0.2) is 11.1 Å². The van der Waals surface area contributed by atoms with Gasteiger partial charge in [-0.25, -0.2) is 8.78 Å². The SMILES string of the molecule is CC1CCC(Oc2c(F)cc(C(N)=S)cc2F)CC1C. The Balaban J connectivity index is 2.16. The van der Waals surface area contributed by atoms with E-state index in [-0.39, 0.29) is 22.4 Å². The molecular weight excluding hydrogens is 280 g/mol. The van der Waals surface area contributed by atoms with Crippen molar-refractivity contribution in [3.05, 3.63) is 29.3 Å². The number of benzene rings is 1. The minimum atomic E-state index is -0.751. The Bertz CT molecular complexity index is 498. The highest BCUT2D eigenvalue weighted by molar-refractivity contribution is 7.80. The monoisotopic (exact) mass is 299 g/mol. The van der Waals surface area contributed by atoms with Gasteiger partial charge in [0.15, 0.2) is 17.4 Å². The summed E-state index contributed by atoms with van der Waals surface area (Å²) in [5, 5.41) is 0. The molecule has 0 spiro atoms. The molecule has 0 saturated heterocycles. The maximum absolute atomic E-state index is 13.9.